The number of urea groups is 1. The highest BCUT2D eigenvalue weighted by atomic mass is 16.5. The first kappa shape index (κ1) is 27.0. The molecule has 3 N–H and O–H groups in total. The zero-order chi connectivity index (χ0) is 26.7. The molecule has 4 rings (SSSR count). The van der Waals surface area contributed by atoms with Crippen LogP contribution in [0.25, 0.3) is 0 Å². The number of anilines is 2. The molecule has 0 spiro atoms. The number of carbonyl (C=O) groups excluding carboxylic acids is 2. The summed E-state index contributed by atoms with van der Waals surface area (Å²) in [6.45, 7) is 5.84. The lowest BCUT2D eigenvalue weighted by molar-refractivity contribution is 0.0946. The van der Waals surface area contributed by atoms with Crippen LogP contribution in [0, 0.1) is 0 Å². The van der Waals surface area contributed by atoms with Gasteiger partial charge >= 0.3 is 6.03 Å². The number of likely N-dealkylation sites (N-methyl/N-ethyl adjacent to an activating group) is 1. The van der Waals surface area contributed by atoms with Crippen LogP contribution >= 0.6 is 0 Å². The number of nitrogens with one attached hydrogen (secondary N) is 3. The predicted molar refractivity (Wildman–Crippen MR) is 149 cm³/mol. The Balaban J connectivity index is 1.24. The zero-order valence-corrected chi connectivity index (χ0v) is 21.9. The van der Waals surface area contributed by atoms with Crippen LogP contribution in [-0.2, 0) is 0 Å². The van der Waals surface area contributed by atoms with Crippen LogP contribution < -0.4 is 25.4 Å². The highest BCUT2D eigenvalue weighted by molar-refractivity contribution is 6.01. The topological polar surface area (TPSA) is 95.2 Å². The van der Waals surface area contributed by atoms with E-state index in [-0.39, 0.29) is 5.91 Å². The number of amides is 3. The Labute approximate surface area is 223 Å². The highest BCUT2D eigenvalue weighted by Gasteiger charge is 2.15. The van der Waals surface area contributed by atoms with Gasteiger partial charge in [0, 0.05) is 50.2 Å². The lowest BCUT2D eigenvalue weighted by Gasteiger charge is -2.32. The van der Waals surface area contributed by atoms with E-state index in [1.165, 1.54) is 7.11 Å². The Kier molecular flexibility index (Phi) is 9.55. The van der Waals surface area contributed by atoms with Crippen molar-refractivity contribution in [1.29, 1.82) is 0 Å². The summed E-state index contributed by atoms with van der Waals surface area (Å²) in [6, 6.07) is 21.1. The number of hydrogen-bond donors (Lipinski definition) is 3. The first-order valence-electron chi connectivity index (χ1n) is 12.8. The molecule has 1 heterocycles. The number of hydrogen-bond acceptors (Lipinski definition) is 6. The number of benzene rings is 3. The van der Waals surface area contributed by atoms with Crippen LogP contribution in [0.2, 0.25) is 0 Å². The maximum absolute atomic E-state index is 12.7. The van der Waals surface area contributed by atoms with Crippen molar-refractivity contribution < 1.29 is 19.1 Å². The van der Waals surface area contributed by atoms with Crippen molar-refractivity contribution in [1.82, 2.24) is 15.1 Å². The normalized spacial score (nSPS) is 13.9. The maximum Gasteiger partial charge on any atom is 0.323 e. The van der Waals surface area contributed by atoms with Gasteiger partial charge in [0.1, 0.15) is 17.2 Å². The molecular weight excluding hydrogens is 482 g/mol. The summed E-state index contributed by atoms with van der Waals surface area (Å²) in [5.41, 5.74) is 1.55. The van der Waals surface area contributed by atoms with Gasteiger partial charge in [-0.15, -0.1) is 0 Å². The second-order valence-electron chi connectivity index (χ2n) is 9.19. The number of piperazine rings is 1. The molecule has 0 bridgehead atoms. The van der Waals surface area contributed by atoms with E-state index in [2.05, 4.69) is 32.8 Å². The molecule has 0 saturated carbocycles. The van der Waals surface area contributed by atoms with Crippen molar-refractivity contribution in [2.24, 2.45) is 0 Å². The molecule has 38 heavy (non-hydrogen) atoms. The minimum Gasteiger partial charge on any atom is -0.496 e. The van der Waals surface area contributed by atoms with Crippen molar-refractivity contribution in [3.05, 3.63) is 78.4 Å². The average molecular weight is 518 g/mol. The number of para-hydroxylation sites is 1. The van der Waals surface area contributed by atoms with Crippen LogP contribution in [0.15, 0.2) is 72.8 Å². The maximum atomic E-state index is 12.7. The zero-order valence-electron chi connectivity index (χ0n) is 21.9. The van der Waals surface area contributed by atoms with E-state index in [0.29, 0.717) is 35.0 Å². The van der Waals surface area contributed by atoms with Crippen LogP contribution in [0.5, 0.6) is 17.2 Å². The quantitative estimate of drug-likeness (QED) is 0.343. The molecule has 0 atom stereocenters. The van der Waals surface area contributed by atoms with E-state index in [1.807, 2.05) is 30.3 Å². The third kappa shape index (κ3) is 7.96. The van der Waals surface area contributed by atoms with Crippen molar-refractivity contribution in [3.8, 4) is 17.2 Å². The van der Waals surface area contributed by atoms with Gasteiger partial charge in [-0.3, -0.25) is 4.79 Å². The third-order valence-electron chi connectivity index (χ3n) is 6.33. The lowest BCUT2D eigenvalue weighted by atomic mass is 10.1. The standard InChI is InChI=1S/C29H35N5O4/c1-33-17-19-34(20-18-33)16-6-15-30-28(35)26-14-11-23(21-27(26)37-2)32-29(36)31-22-9-12-25(13-10-22)38-24-7-4-3-5-8-24/h3-5,7-14,21H,6,15-20H2,1-2H3,(H,30,35)(H2,31,32,36). The Morgan fingerprint density at radius 2 is 1.50 bits per heavy atom. The van der Waals surface area contributed by atoms with E-state index in [1.54, 1.807) is 42.5 Å². The average Bonchev–Trinajstić information content (AvgIpc) is 2.93. The number of rotatable bonds is 10. The molecule has 1 fully saturated rings. The fourth-order valence-electron chi connectivity index (χ4n) is 4.15. The van der Waals surface area contributed by atoms with Crippen LogP contribution in [0.1, 0.15) is 16.8 Å². The van der Waals surface area contributed by atoms with Crippen molar-refractivity contribution in [2.75, 3.05) is 64.1 Å². The molecule has 1 saturated heterocycles. The van der Waals surface area contributed by atoms with E-state index < -0.39 is 6.03 Å². The molecule has 0 aromatic heterocycles. The number of nitrogens with zero attached hydrogens (tertiary/aromatic N) is 2. The molecule has 200 valence electrons. The molecule has 3 aromatic rings. The number of ether oxygens (including phenoxy) is 2. The molecule has 0 radical (unpaired) electrons. The Bertz CT molecular complexity index is 1200. The molecule has 9 heteroatoms. The van der Waals surface area contributed by atoms with Gasteiger partial charge in [-0.2, -0.15) is 0 Å². The van der Waals surface area contributed by atoms with E-state index >= 15 is 0 Å². The molecule has 3 aromatic carbocycles. The fraction of sp³-hybridized carbons (Fsp3) is 0.310. The summed E-state index contributed by atoms with van der Waals surface area (Å²) in [5, 5.41) is 8.53. The fourth-order valence-corrected chi connectivity index (χ4v) is 4.15. The van der Waals surface area contributed by atoms with Crippen molar-refractivity contribution >= 4 is 23.3 Å². The monoisotopic (exact) mass is 517 g/mol. The van der Waals surface area contributed by atoms with E-state index in [4.69, 9.17) is 9.47 Å². The van der Waals surface area contributed by atoms with Crippen LogP contribution in [-0.4, -0.2) is 75.2 Å². The minimum atomic E-state index is -0.412. The smallest absolute Gasteiger partial charge is 0.323 e. The molecule has 1 aliphatic rings. The lowest BCUT2D eigenvalue weighted by Crippen LogP contribution is -2.45. The van der Waals surface area contributed by atoms with Gasteiger partial charge in [-0.05, 0) is 68.5 Å². The predicted octanol–water partition coefficient (Wildman–Crippen LogP) is 4.50. The summed E-state index contributed by atoms with van der Waals surface area (Å²) in [7, 11) is 3.64. The highest BCUT2D eigenvalue weighted by Crippen LogP contribution is 2.25. The summed E-state index contributed by atoms with van der Waals surface area (Å²) in [6.07, 6.45) is 0.886. The molecule has 9 nitrogen and oxygen atoms in total. The second kappa shape index (κ2) is 13.5. The largest absolute Gasteiger partial charge is 0.496 e. The summed E-state index contributed by atoms with van der Waals surface area (Å²) < 4.78 is 11.2. The summed E-state index contributed by atoms with van der Waals surface area (Å²) in [4.78, 5) is 30.0. The van der Waals surface area contributed by atoms with Gasteiger partial charge in [0.05, 0.1) is 12.7 Å². The van der Waals surface area contributed by atoms with Gasteiger partial charge in [-0.1, -0.05) is 18.2 Å². The van der Waals surface area contributed by atoms with Crippen molar-refractivity contribution in [2.45, 2.75) is 6.42 Å². The molecular formula is C29H35N5O4. The summed E-state index contributed by atoms with van der Waals surface area (Å²) >= 11 is 0. The van der Waals surface area contributed by atoms with Gasteiger partial charge in [-0.25, -0.2) is 4.79 Å². The second-order valence-corrected chi connectivity index (χ2v) is 9.19. The first-order chi connectivity index (χ1) is 18.5. The Morgan fingerprint density at radius 1 is 0.842 bits per heavy atom. The molecule has 0 unspecified atom stereocenters. The Morgan fingerprint density at radius 3 is 2.21 bits per heavy atom. The number of methoxy groups -OCH3 is 1. The SMILES string of the molecule is COc1cc(NC(=O)Nc2ccc(Oc3ccccc3)cc2)ccc1C(=O)NCCCN1CCN(C)CC1. The van der Waals surface area contributed by atoms with Gasteiger partial charge in [0.25, 0.3) is 5.91 Å². The summed E-state index contributed by atoms with van der Waals surface area (Å²) in [5.74, 6) is 1.60. The van der Waals surface area contributed by atoms with E-state index in [9.17, 15) is 9.59 Å². The van der Waals surface area contributed by atoms with E-state index in [0.717, 1.165) is 44.9 Å². The van der Waals surface area contributed by atoms with Crippen LogP contribution in [0.4, 0.5) is 16.2 Å². The van der Waals surface area contributed by atoms with Crippen molar-refractivity contribution in [3.63, 3.8) is 0 Å². The minimum absolute atomic E-state index is 0.200. The molecule has 0 aliphatic carbocycles. The first-order valence-corrected chi connectivity index (χ1v) is 12.8. The van der Waals surface area contributed by atoms with Gasteiger partial charge < -0.3 is 35.2 Å². The third-order valence-corrected chi connectivity index (χ3v) is 6.33. The van der Waals surface area contributed by atoms with Gasteiger partial charge in [0.15, 0.2) is 0 Å². The van der Waals surface area contributed by atoms with Crippen LogP contribution in [0.3, 0.4) is 0 Å². The number of carbonyl (C=O) groups is 2. The molecule has 1 aliphatic heterocycles. The van der Waals surface area contributed by atoms with Gasteiger partial charge in [0.2, 0.25) is 0 Å². The Hall–Kier alpha value is -4.08. The molecule has 3 amide bonds.